The molecule has 0 fully saturated rings. The van der Waals surface area contributed by atoms with E-state index in [2.05, 4.69) is 0 Å². The normalized spacial score (nSPS) is 9.27. The Morgan fingerprint density at radius 1 is 1.18 bits per heavy atom. The van der Waals surface area contributed by atoms with Gasteiger partial charge < -0.3 is 0 Å². The lowest BCUT2D eigenvalue weighted by Gasteiger charge is -1.89. The van der Waals surface area contributed by atoms with Crippen molar-refractivity contribution in [2.75, 3.05) is 11.5 Å². The van der Waals surface area contributed by atoms with Crippen molar-refractivity contribution in [2.45, 2.75) is 27.2 Å². The molecule has 0 amide bonds. The predicted molar refractivity (Wildman–Crippen MR) is 45.9 cm³/mol. The third kappa shape index (κ3) is 12.6. The van der Waals surface area contributed by atoms with Crippen LogP contribution in [-0.4, -0.2) is 19.9 Å². The van der Waals surface area contributed by atoms with Crippen molar-refractivity contribution in [3.8, 4) is 6.07 Å². The molecule has 11 heavy (non-hydrogen) atoms. The van der Waals surface area contributed by atoms with Crippen LogP contribution < -0.4 is 0 Å². The number of hydrogen-bond donors (Lipinski definition) is 0. The lowest BCUT2D eigenvalue weighted by Crippen LogP contribution is -2.04. The molecular formula is C7H15NO2S. The number of nitrogens with zero attached hydrogens (tertiary/aromatic N) is 1. The number of rotatable bonds is 2. The Labute approximate surface area is 69.0 Å². The van der Waals surface area contributed by atoms with E-state index in [4.69, 9.17) is 5.26 Å². The van der Waals surface area contributed by atoms with Crippen molar-refractivity contribution >= 4 is 9.84 Å². The fraction of sp³-hybridized carbons (Fsp3) is 0.857. The summed E-state index contributed by atoms with van der Waals surface area (Å²) in [4.78, 5) is 0. The summed E-state index contributed by atoms with van der Waals surface area (Å²) in [6.45, 7) is 5.12. The van der Waals surface area contributed by atoms with Crippen LogP contribution >= 0.6 is 0 Å². The SMILES string of the molecule is CCC#N.CCS(=O)(=O)CC. The summed E-state index contributed by atoms with van der Waals surface area (Å²) in [5.74, 6) is 0.535. The molecule has 0 saturated carbocycles. The summed E-state index contributed by atoms with van der Waals surface area (Å²) in [5.41, 5.74) is 0. The van der Waals surface area contributed by atoms with Crippen molar-refractivity contribution in [3.63, 3.8) is 0 Å². The number of nitriles is 1. The highest BCUT2D eigenvalue weighted by atomic mass is 32.2. The first-order valence-corrected chi connectivity index (χ1v) is 5.43. The van der Waals surface area contributed by atoms with Gasteiger partial charge in [-0.15, -0.1) is 0 Å². The minimum Gasteiger partial charge on any atom is -0.229 e. The maximum Gasteiger partial charge on any atom is 0.149 e. The lowest BCUT2D eigenvalue weighted by molar-refractivity contribution is 0.598. The molecule has 0 N–H and O–H groups in total. The molecule has 0 spiro atoms. The third-order valence-electron chi connectivity index (χ3n) is 1.04. The first kappa shape index (κ1) is 13.1. The molecule has 0 rings (SSSR count). The first-order chi connectivity index (χ1) is 5.04. The van der Waals surface area contributed by atoms with Gasteiger partial charge in [0.25, 0.3) is 0 Å². The second kappa shape index (κ2) is 7.55. The van der Waals surface area contributed by atoms with Crippen molar-refractivity contribution in [1.82, 2.24) is 0 Å². The zero-order valence-electron chi connectivity index (χ0n) is 7.29. The number of sulfone groups is 1. The van der Waals surface area contributed by atoms with Crippen molar-refractivity contribution < 1.29 is 8.42 Å². The Morgan fingerprint density at radius 2 is 1.45 bits per heavy atom. The molecule has 0 aliphatic heterocycles. The minimum atomic E-state index is -2.66. The fourth-order valence-electron chi connectivity index (χ4n) is 0.204. The average Bonchev–Trinajstić information content (AvgIpc) is 2.05. The summed E-state index contributed by atoms with van der Waals surface area (Å²) < 4.78 is 20.7. The van der Waals surface area contributed by atoms with Gasteiger partial charge in [0.1, 0.15) is 9.84 Å². The minimum absolute atomic E-state index is 0.267. The summed E-state index contributed by atoms with van der Waals surface area (Å²) in [6, 6.07) is 1.93. The third-order valence-corrected chi connectivity index (χ3v) is 2.80. The Bertz CT molecular complexity index is 191. The molecule has 0 unspecified atom stereocenters. The summed E-state index contributed by atoms with van der Waals surface area (Å²) in [7, 11) is -2.66. The van der Waals surface area contributed by atoms with E-state index in [0.29, 0.717) is 6.42 Å². The number of hydrogen-bond acceptors (Lipinski definition) is 3. The van der Waals surface area contributed by atoms with E-state index in [1.165, 1.54) is 0 Å². The smallest absolute Gasteiger partial charge is 0.149 e. The van der Waals surface area contributed by atoms with Gasteiger partial charge in [0.15, 0.2) is 0 Å². The molecule has 66 valence electrons. The Hall–Kier alpha value is -0.560. The van der Waals surface area contributed by atoms with Crippen LogP contribution in [0.4, 0.5) is 0 Å². The van der Waals surface area contributed by atoms with Crippen LogP contribution in [0.15, 0.2) is 0 Å². The summed E-state index contributed by atoms with van der Waals surface area (Å²) >= 11 is 0. The monoisotopic (exact) mass is 177 g/mol. The highest BCUT2D eigenvalue weighted by Gasteiger charge is 1.99. The molecule has 4 heteroatoms. The van der Waals surface area contributed by atoms with E-state index < -0.39 is 9.84 Å². The highest BCUT2D eigenvalue weighted by Crippen LogP contribution is 1.84. The molecule has 0 aliphatic carbocycles. The van der Waals surface area contributed by atoms with Gasteiger partial charge in [-0.3, -0.25) is 0 Å². The Balaban J connectivity index is 0. The Kier molecular flexibility index (Phi) is 8.96. The van der Waals surface area contributed by atoms with Crippen molar-refractivity contribution in [1.29, 1.82) is 5.26 Å². The average molecular weight is 177 g/mol. The highest BCUT2D eigenvalue weighted by molar-refractivity contribution is 7.91. The summed E-state index contributed by atoms with van der Waals surface area (Å²) in [6.07, 6.45) is 0.625. The van der Waals surface area contributed by atoms with E-state index in [1.807, 2.05) is 13.0 Å². The molecule has 3 nitrogen and oxygen atoms in total. The van der Waals surface area contributed by atoms with E-state index in [1.54, 1.807) is 13.8 Å². The van der Waals surface area contributed by atoms with Crippen LogP contribution in [0.3, 0.4) is 0 Å². The fourth-order valence-corrected chi connectivity index (χ4v) is 0.612. The molecule has 0 atom stereocenters. The van der Waals surface area contributed by atoms with Crippen molar-refractivity contribution in [2.24, 2.45) is 0 Å². The standard InChI is InChI=1S/C4H10O2S.C3H5N/c1-3-7(5,6)4-2;1-2-3-4/h3-4H2,1-2H3;2H2,1H3. The molecule has 0 radical (unpaired) electrons. The largest absolute Gasteiger partial charge is 0.229 e. The lowest BCUT2D eigenvalue weighted by atomic mass is 10.6. The molecular weight excluding hydrogens is 162 g/mol. The van der Waals surface area contributed by atoms with Gasteiger partial charge >= 0.3 is 0 Å². The molecule has 0 aliphatic rings. The predicted octanol–water partition coefficient (Wildman–Crippen LogP) is 1.36. The van der Waals surface area contributed by atoms with E-state index >= 15 is 0 Å². The van der Waals surface area contributed by atoms with Gasteiger partial charge in [-0.2, -0.15) is 5.26 Å². The van der Waals surface area contributed by atoms with Crippen LogP contribution in [0, 0.1) is 11.3 Å². The van der Waals surface area contributed by atoms with E-state index in [0.717, 1.165) is 0 Å². The van der Waals surface area contributed by atoms with Gasteiger partial charge in [0.2, 0.25) is 0 Å². The van der Waals surface area contributed by atoms with Gasteiger partial charge in [-0.1, -0.05) is 20.8 Å². The van der Waals surface area contributed by atoms with E-state index in [9.17, 15) is 8.42 Å². The molecule has 0 aromatic heterocycles. The van der Waals surface area contributed by atoms with Crippen LogP contribution in [0.25, 0.3) is 0 Å². The molecule has 0 aromatic rings. The van der Waals surface area contributed by atoms with Crippen LogP contribution in [0.1, 0.15) is 27.2 Å². The topological polar surface area (TPSA) is 57.9 Å². The second-order valence-electron chi connectivity index (χ2n) is 1.83. The van der Waals surface area contributed by atoms with Crippen LogP contribution in [0.5, 0.6) is 0 Å². The van der Waals surface area contributed by atoms with Gasteiger partial charge in [0.05, 0.1) is 6.07 Å². The Morgan fingerprint density at radius 3 is 1.45 bits per heavy atom. The zero-order valence-corrected chi connectivity index (χ0v) is 8.11. The quantitative estimate of drug-likeness (QED) is 0.640. The van der Waals surface area contributed by atoms with E-state index in [-0.39, 0.29) is 11.5 Å². The van der Waals surface area contributed by atoms with Gasteiger partial charge in [-0.25, -0.2) is 8.42 Å². The molecule has 0 heterocycles. The molecule has 0 saturated heterocycles. The van der Waals surface area contributed by atoms with Gasteiger partial charge in [0, 0.05) is 17.9 Å². The summed E-state index contributed by atoms with van der Waals surface area (Å²) in [5, 5.41) is 7.62. The maximum absolute atomic E-state index is 10.4. The first-order valence-electron chi connectivity index (χ1n) is 3.61. The van der Waals surface area contributed by atoms with Crippen LogP contribution in [0.2, 0.25) is 0 Å². The van der Waals surface area contributed by atoms with Gasteiger partial charge in [-0.05, 0) is 0 Å². The molecule has 0 aromatic carbocycles. The van der Waals surface area contributed by atoms with Crippen LogP contribution in [-0.2, 0) is 9.84 Å². The van der Waals surface area contributed by atoms with Crippen molar-refractivity contribution in [3.05, 3.63) is 0 Å². The maximum atomic E-state index is 10.4. The second-order valence-corrected chi connectivity index (χ2v) is 4.47. The molecule has 0 bridgehead atoms. The zero-order chi connectivity index (χ0) is 9.33.